The number of halogens is 1. The number of allylic oxidation sites excluding steroid dienone is 2. The van der Waals surface area contributed by atoms with Crippen LogP contribution in [-0.4, -0.2) is 18.2 Å². The van der Waals surface area contributed by atoms with Crippen molar-refractivity contribution in [2.75, 3.05) is 10.3 Å². The summed E-state index contributed by atoms with van der Waals surface area (Å²) in [5.41, 5.74) is 4.85. The number of fused-ring (bicyclic) bond motifs is 1. The number of carbonyl (C=O) groups is 1. The van der Waals surface area contributed by atoms with Crippen LogP contribution in [0.25, 0.3) is 0 Å². The van der Waals surface area contributed by atoms with E-state index in [-0.39, 0.29) is 23.7 Å². The number of aryl methyl sites for hydroxylation is 1. The summed E-state index contributed by atoms with van der Waals surface area (Å²) >= 11 is 1.47. The first-order valence-electron chi connectivity index (χ1n) is 12.1. The highest BCUT2D eigenvalue weighted by molar-refractivity contribution is 7.13. The predicted octanol–water partition coefficient (Wildman–Crippen LogP) is 5.96. The van der Waals surface area contributed by atoms with E-state index in [2.05, 4.69) is 58.7 Å². The van der Waals surface area contributed by atoms with Gasteiger partial charge in [-0.1, -0.05) is 53.3 Å². The maximum absolute atomic E-state index is 13.5. The van der Waals surface area contributed by atoms with Gasteiger partial charge in [0.05, 0.1) is 29.6 Å². The Labute approximate surface area is 215 Å². The molecule has 3 aromatic rings. The molecule has 5 rings (SSSR count). The standard InChI is InChI=1S/C29H29FN4OS/c1-19-4-6-20(7-5-19)16-25(29(2,3)27(35)33-28-31-14-15-36-28)21-8-13-26-22(17-21)18-32-34(26)24-11-9-23(30)10-12-24/h4-12,14-15,17-18,25-26H,13,16H2,1-3H3,(H,31,33,35)/p+1. The third-order valence-electron chi connectivity index (χ3n) is 7.13. The normalized spacial score (nSPS) is 17.9. The monoisotopic (exact) mass is 501 g/mol. The third-order valence-corrected chi connectivity index (χ3v) is 7.85. The Hall–Kier alpha value is -3.58. The molecule has 1 amide bonds. The minimum atomic E-state index is -0.676. The molecule has 2 unspecified atom stereocenters. The molecule has 2 aromatic carbocycles. The van der Waals surface area contributed by atoms with Gasteiger partial charge in [0, 0.05) is 11.3 Å². The van der Waals surface area contributed by atoms with E-state index in [9.17, 15) is 9.18 Å². The Bertz CT molecular complexity index is 1320. The molecule has 2 aliphatic rings. The summed E-state index contributed by atoms with van der Waals surface area (Å²) in [5, 5.41) is 12.3. The number of nitrogens with one attached hydrogen (secondary N) is 2. The number of nitrogens with zero attached hydrogens (tertiary/aromatic N) is 2. The SMILES string of the molecule is Cc1ccc(CC(C2=CCC3C(=C2)C=NN3c2ccc(F)cc2)C(C)(C)C(=O)Nc2[nH+]ccs2)cc1. The smallest absolute Gasteiger partial charge is 0.258 e. The molecule has 0 radical (unpaired) electrons. The van der Waals surface area contributed by atoms with Crippen molar-refractivity contribution < 1.29 is 14.2 Å². The minimum Gasteiger partial charge on any atom is -0.258 e. The molecule has 184 valence electrons. The van der Waals surface area contributed by atoms with E-state index >= 15 is 0 Å². The predicted molar refractivity (Wildman–Crippen MR) is 144 cm³/mol. The van der Waals surface area contributed by atoms with Crippen molar-refractivity contribution in [3.05, 3.63) is 100 Å². The first-order valence-corrected chi connectivity index (χ1v) is 13.0. The lowest BCUT2D eigenvalue weighted by Crippen LogP contribution is -2.40. The maximum Gasteiger partial charge on any atom is 0.338 e. The fraction of sp³-hybridized carbons (Fsp3) is 0.276. The highest BCUT2D eigenvalue weighted by Crippen LogP contribution is 2.41. The lowest BCUT2D eigenvalue weighted by atomic mass is 9.69. The van der Waals surface area contributed by atoms with E-state index < -0.39 is 5.41 Å². The molecule has 0 saturated heterocycles. The Kier molecular flexibility index (Phi) is 6.58. The number of thiazole rings is 1. The second kappa shape index (κ2) is 9.82. The van der Waals surface area contributed by atoms with Crippen LogP contribution in [0, 0.1) is 24.1 Å². The number of H-pyrrole nitrogens is 1. The maximum atomic E-state index is 13.5. The van der Waals surface area contributed by atoms with E-state index in [4.69, 9.17) is 0 Å². The highest BCUT2D eigenvalue weighted by atomic mass is 32.1. The lowest BCUT2D eigenvalue weighted by molar-refractivity contribution is -0.354. The van der Waals surface area contributed by atoms with Gasteiger partial charge in [-0.2, -0.15) is 5.10 Å². The van der Waals surface area contributed by atoms with Crippen molar-refractivity contribution in [1.82, 2.24) is 0 Å². The zero-order valence-corrected chi connectivity index (χ0v) is 21.5. The van der Waals surface area contributed by atoms with Crippen LogP contribution in [0.5, 0.6) is 0 Å². The molecule has 36 heavy (non-hydrogen) atoms. The topological polar surface area (TPSA) is 58.8 Å². The van der Waals surface area contributed by atoms with E-state index in [1.54, 1.807) is 12.1 Å². The Morgan fingerprint density at radius 2 is 1.97 bits per heavy atom. The number of hydrogen-bond donors (Lipinski definition) is 1. The molecule has 0 bridgehead atoms. The average molecular weight is 502 g/mol. The zero-order chi connectivity index (χ0) is 25.3. The molecule has 5 nitrogen and oxygen atoms in total. The van der Waals surface area contributed by atoms with Gasteiger partial charge in [-0.15, -0.1) is 0 Å². The lowest BCUT2D eigenvalue weighted by Gasteiger charge is -2.35. The molecule has 2 heterocycles. The summed E-state index contributed by atoms with van der Waals surface area (Å²) in [6.45, 7) is 6.12. The number of benzene rings is 2. The Balaban J connectivity index is 1.43. The molecule has 1 aromatic heterocycles. The average Bonchev–Trinajstić information content (AvgIpc) is 3.53. The van der Waals surface area contributed by atoms with Gasteiger partial charge < -0.3 is 0 Å². The fourth-order valence-corrected chi connectivity index (χ4v) is 5.43. The van der Waals surface area contributed by atoms with E-state index in [1.807, 2.05) is 36.6 Å². The molecular weight excluding hydrogens is 471 g/mol. The number of hydrazone groups is 1. The molecule has 0 saturated carbocycles. The summed E-state index contributed by atoms with van der Waals surface area (Å²) in [6.07, 6.45) is 9.64. The van der Waals surface area contributed by atoms with Crippen LogP contribution in [0.3, 0.4) is 0 Å². The van der Waals surface area contributed by atoms with Gasteiger partial charge in [-0.3, -0.25) is 5.01 Å². The molecule has 2 atom stereocenters. The van der Waals surface area contributed by atoms with Gasteiger partial charge in [-0.25, -0.2) is 19.5 Å². The van der Waals surface area contributed by atoms with Crippen LogP contribution in [0.2, 0.25) is 0 Å². The van der Waals surface area contributed by atoms with Crippen molar-refractivity contribution in [1.29, 1.82) is 0 Å². The van der Waals surface area contributed by atoms with Gasteiger partial charge in [0.25, 0.3) is 0 Å². The van der Waals surface area contributed by atoms with Crippen LogP contribution >= 0.6 is 11.3 Å². The number of rotatable bonds is 7. The van der Waals surface area contributed by atoms with Gasteiger partial charge in [0.1, 0.15) is 5.82 Å². The Morgan fingerprint density at radius 3 is 2.67 bits per heavy atom. The van der Waals surface area contributed by atoms with Gasteiger partial charge >= 0.3 is 11.0 Å². The number of carbonyl (C=O) groups excluding carboxylic acids is 1. The van der Waals surface area contributed by atoms with Crippen molar-refractivity contribution in [2.45, 2.75) is 39.7 Å². The van der Waals surface area contributed by atoms with Crippen molar-refractivity contribution >= 4 is 34.3 Å². The first kappa shape index (κ1) is 24.1. The summed E-state index contributed by atoms with van der Waals surface area (Å²) in [7, 11) is 0. The fourth-order valence-electron chi connectivity index (χ4n) is 4.87. The van der Waals surface area contributed by atoms with Crippen LogP contribution in [0.4, 0.5) is 15.2 Å². The van der Waals surface area contributed by atoms with E-state index in [0.717, 1.165) is 34.8 Å². The number of aromatic amines is 1. The molecule has 1 aliphatic heterocycles. The van der Waals surface area contributed by atoms with Crippen molar-refractivity contribution in [3.63, 3.8) is 0 Å². The van der Waals surface area contributed by atoms with Crippen molar-refractivity contribution in [2.24, 2.45) is 16.4 Å². The summed E-state index contributed by atoms with van der Waals surface area (Å²) in [5.74, 6) is -0.322. The van der Waals surface area contributed by atoms with Gasteiger partial charge in [-0.05, 0) is 74.6 Å². The van der Waals surface area contributed by atoms with Crippen LogP contribution in [-0.2, 0) is 11.2 Å². The largest absolute Gasteiger partial charge is 0.338 e. The number of aromatic nitrogens is 1. The highest BCUT2D eigenvalue weighted by Gasteiger charge is 2.43. The van der Waals surface area contributed by atoms with Gasteiger partial charge in [0.2, 0.25) is 0 Å². The third kappa shape index (κ3) is 4.88. The van der Waals surface area contributed by atoms with Crippen LogP contribution in [0.15, 0.2) is 88.5 Å². The molecule has 0 fully saturated rings. The molecular formula is C29H30FN4OS+. The van der Waals surface area contributed by atoms with Crippen LogP contribution < -0.4 is 15.3 Å². The van der Waals surface area contributed by atoms with Gasteiger partial charge in [0.15, 0.2) is 0 Å². The van der Waals surface area contributed by atoms with Crippen LogP contribution in [0.1, 0.15) is 31.4 Å². The second-order valence-electron chi connectivity index (χ2n) is 9.98. The summed E-state index contributed by atoms with van der Waals surface area (Å²) in [4.78, 5) is 16.6. The summed E-state index contributed by atoms with van der Waals surface area (Å²) in [6, 6.07) is 15.0. The summed E-state index contributed by atoms with van der Waals surface area (Å²) < 4.78 is 13.4. The number of hydrogen-bond acceptors (Lipinski definition) is 4. The molecule has 1 aliphatic carbocycles. The zero-order valence-electron chi connectivity index (χ0n) is 20.7. The second-order valence-corrected chi connectivity index (χ2v) is 10.9. The molecule has 7 heteroatoms. The quantitative estimate of drug-likeness (QED) is 0.434. The first-order chi connectivity index (χ1) is 17.3. The molecule has 2 N–H and O–H groups in total. The van der Waals surface area contributed by atoms with Crippen molar-refractivity contribution in [3.8, 4) is 0 Å². The Morgan fingerprint density at radius 1 is 1.22 bits per heavy atom. The number of anilines is 2. The number of amides is 1. The molecule has 0 spiro atoms. The van der Waals surface area contributed by atoms with E-state index in [0.29, 0.717) is 0 Å². The minimum absolute atomic E-state index is 0.0206. The van der Waals surface area contributed by atoms with E-state index in [1.165, 1.54) is 34.6 Å².